The second kappa shape index (κ2) is 5.66. The quantitative estimate of drug-likeness (QED) is 0.799. The number of hydrogen-bond acceptors (Lipinski definition) is 3. The van der Waals surface area contributed by atoms with E-state index in [-0.39, 0.29) is 30.8 Å². The molecule has 0 saturated carbocycles. The summed E-state index contributed by atoms with van der Waals surface area (Å²) in [5, 5.41) is 5.21. The van der Waals surface area contributed by atoms with Gasteiger partial charge in [-0.1, -0.05) is 6.92 Å². The van der Waals surface area contributed by atoms with Crippen LogP contribution in [0.25, 0.3) is 0 Å². The molecule has 0 aliphatic carbocycles. The van der Waals surface area contributed by atoms with E-state index in [2.05, 4.69) is 10.6 Å². The largest absolute Gasteiger partial charge is 0.403 e. The van der Waals surface area contributed by atoms with Gasteiger partial charge in [-0.3, -0.25) is 4.79 Å². The van der Waals surface area contributed by atoms with Gasteiger partial charge in [0.05, 0.1) is 0 Å². The lowest BCUT2D eigenvalue weighted by Gasteiger charge is -2.32. The predicted molar refractivity (Wildman–Crippen MR) is 62.5 cm³/mol. The lowest BCUT2D eigenvalue weighted by Crippen LogP contribution is -2.55. The van der Waals surface area contributed by atoms with Crippen LogP contribution < -0.4 is 10.6 Å². The van der Waals surface area contributed by atoms with Crippen LogP contribution in [0.1, 0.15) is 26.2 Å². The summed E-state index contributed by atoms with van der Waals surface area (Å²) in [6, 6.07) is -1.70. The van der Waals surface area contributed by atoms with Gasteiger partial charge in [0.1, 0.15) is 12.1 Å². The maximum absolute atomic E-state index is 12.5. The molecule has 4 unspecified atom stereocenters. The third kappa shape index (κ3) is 3.60. The third-order valence-electron chi connectivity index (χ3n) is 3.80. The van der Waals surface area contributed by atoms with Gasteiger partial charge in [0.2, 0.25) is 5.91 Å². The molecule has 2 heterocycles. The first-order valence-electron chi connectivity index (χ1n) is 6.60. The van der Waals surface area contributed by atoms with Crippen molar-refractivity contribution >= 4 is 5.91 Å². The molecule has 110 valence electrons. The highest BCUT2D eigenvalue weighted by molar-refractivity contribution is 5.81. The summed E-state index contributed by atoms with van der Waals surface area (Å²) < 4.78 is 42.7. The fourth-order valence-electron chi connectivity index (χ4n) is 2.57. The number of nitrogens with one attached hydrogen (secondary N) is 2. The molecule has 2 rings (SSSR count). The molecule has 19 heavy (non-hydrogen) atoms. The van der Waals surface area contributed by atoms with Crippen LogP contribution in [0.3, 0.4) is 0 Å². The minimum absolute atomic E-state index is 0.00444. The van der Waals surface area contributed by atoms with Gasteiger partial charge in [-0.15, -0.1) is 0 Å². The van der Waals surface area contributed by atoms with Crippen molar-refractivity contribution in [2.24, 2.45) is 5.92 Å². The Kier molecular flexibility index (Phi) is 4.35. The maximum Gasteiger partial charge on any atom is 0.403 e. The van der Waals surface area contributed by atoms with Gasteiger partial charge in [-0.2, -0.15) is 13.2 Å². The van der Waals surface area contributed by atoms with Gasteiger partial charge in [-0.05, 0) is 25.2 Å². The number of amides is 1. The summed E-state index contributed by atoms with van der Waals surface area (Å²) in [7, 11) is 0. The highest BCUT2D eigenvalue weighted by Gasteiger charge is 2.42. The fraction of sp³-hybridized carbons (Fsp3) is 0.917. The minimum atomic E-state index is -4.21. The van der Waals surface area contributed by atoms with Crippen molar-refractivity contribution in [3.8, 4) is 0 Å². The molecule has 0 spiro atoms. The van der Waals surface area contributed by atoms with E-state index in [9.17, 15) is 18.0 Å². The second-order valence-electron chi connectivity index (χ2n) is 5.34. The molecular weight excluding hydrogens is 261 g/mol. The van der Waals surface area contributed by atoms with E-state index in [0.717, 1.165) is 6.42 Å². The van der Waals surface area contributed by atoms with Crippen LogP contribution in [0.2, 0.25) is 0 Å². The van der Waals surface area contributed by atoms with Crippen molar-refractivity contribution in [3.63, 3.8) is 0 Å². The normalized spacial score (nSPS) is 36.2. The SMILES string of the molecule is CC1CCOC1C(=O)NC1CCC(C(F)(F)F)NC1. The first-order chi connectivity index (χ1) is 8.88. The van der Waals surface area contributed by atoms with Gasteiger partial charge in [0.15, 0.2) is 0 Å². The van der Waals surface area contributed by atoms with E-state index in [4.69, 9.17) is 4.74 Å². The van der Waals surface area contributed by atoms with Gasteiger partial charge >= 0.3 is 6.18 Å². The highest BCUT2D eigenvalue weighted by atomic mass is 19.4. The number of carbonyl (C=O) groups is 1. The summed E-state index contributed by atoms with van der Waals surface area (Å²) in [4.78, 5) is 11.9. The molecule has 0 aromatic heterocycles. The summed E-state index contributed by atoms with van der Waals surface area (Å²) >= 11 is 0. The number of rotatable bonds is 2. The van der Waals surface area contributed by atoms with Crippen molar-refractivity contribution in [1.29, 1.82) is 0 Å². The van der Waals surface area contributed by atoms with E-state index in [1.54, 1.807) is 0 Å². The molecule has 2 aliphatic rings. The molecule has 4 atom stereocenters. The molecule has 2 N–H and O–H groups in total. The molecule has 0 radical (unpaired) electrons. The summed E-state index contributed by atoms with van der Waals surface area (Å²) in [5.41, 5.74) is 0. The van der Waals surface area contributed by atoms with Crippen LogP contribution in [0.5, 0.6) is 0 Å². The van der Waals surface area contributed by atoms with Gasteiger partial charge in [0, 0.05) is 19.2 Å². The van der Waals surface area contributed by atoms with Gasteiger partial charge in [-0.25, -0.2) is 0 Å². The van der Waals surface area contributed by atoms with E-state index in [1.807, 2.05) is 6.92 Å². The zero-order valence-corrected chi connectivity index (χ0v) is 10.8. The Labute approximate surface area is 110 Å². The van der Waals surface area contributed by atoms with Crippen molar-refractivity contribution in [1.82, 2.24) is 10.6 Å². The third-order valence-corrected chi connectivity index (χ3v) is 3.80. The molecule has 2 fully saturated rings. The maximum atomic E-state index is 12.5. The highest BCUT2D eigenvalue weighted by Crippen LogP contribution is 2.26. The monoisotopic (exact) mass is 280 g/mol. The van der Waals surface area contributed by atoms with Crippen LogP contribution in [0.4, 0.5) is 13.2 Å². The van der Waals surface area contributed by atoms with E-state index >= 15 is 0 Å². The molecular formula is C12H19F3N2O2. The van der Waals surface area contributed by atoms with Crippen LogP contribution in [-0.4, -0.2) is 43.4 Å². The minimum Gasteiger partial charge on any atom is -0.368 e. The Morgan fingerprint density at radius 2 is 2.05 bits per heavy atom. The fourth-order valence-corrected chi connectivity index (χ4v) is 2.57. The number of halogens is 3. The van der Waals surface area contributed by atoms with Crippen molar-refractivity contribution in [2.75, 3.05) is 13.2 Å². The molecule has 0 aromatic carbocycles. The van der Waals surface area contributed by atoms with E-state index in [1.165, 1.54) is 0 Å². The Bertz CT molecular complexity index is 327. The molecule has 2 aliphatic heterocycles. The lowest BCUT2D eigenvalue weighted by atomic mass is 9.99. The standard InChI is InChI=1S/C12H19F3N2O2/c1-7-4-5-19-10(7)11(18)17-8-2-3-9(16-6-8)12(13,14)15/h7-10,16H,2-6H2,1H3,(H,17,18). The number of alkyl halides is 3. The average Bonchev–Trinajstić information content (AvgIpc) is 2.75. The molecule has 0 aromatic rings. The molecule has 1 amide bonds. The number of hydrogen-bond donors (Lipinski definition) is 2. The van der Waals surface area contributed by atoms with Gasteiger partial charge in [0.25, 0.3) is 0 Å². The molecule has 4 nitrogen and oxygen atoms in total. The van der Waals surface area contributed by atoms with Crippen molar-refractivity contribution in [3.05, 3.63) is 0 Å². The Morgan fingerprint density at radius 1 is 1.32 bits per heavy atom. The van der Waals surface area contributed by atoms with Crippen molar-refractivity contribution in [2.45, 2.75) is 50.6 Å². The summed E-state index contributed by atoms with van der Waals surface area (Å²) in [6.45, 7) is 2.66. The molecule has 2 saturated heterocycles. The summed E-state index contributed by atoms with van der Waals surface area (Å²) in [5.74, 6) is -0.0401. The Hall–Kier alpha value is -0.820. The Morgan fingerprint density at radius 3 is 2.53 bits per heavy atom. The predicted octanol–water partition coefficient (Wildman–Crippen LogP) is 1.21. The zero-order valence-electron chi connectivity index (χ0n) is 10.8. The van der Waals surface area contributed by atoms with Crippen LogP contribution in [0, 0.1) is 5.92 Å². The average molecular weight is 280 g/mol. The zero-order chi connectivity index (χ0) is 14.0. The van der Waals surface area contributed by atoms with Crippen molar-refractivity contribution < 1.29 is 22.7 Å². The van der Waals surface area contributed by atoms with Crippen LogP contribution in [0.15, 0.2) is 0 Å². The number of ether oxygens (including phenoxy) is 1. The van der Waals surface area contributed by atoms with Crippen LogP contribution in [-0.2, 0) is 9.53 Å². The number of carbonyl (C=O) groups excluding carboxylic acids is 1. The molecule has 0 bridgehead atoms. The van der Waals surface area contributed by atoms with Crippen LogP contribution >= 0.6 is 0 Å². The Balaban J connectivity index is 1.78. The number of piperidine rings is 1. The first-order valence-corrected chi connectivity index (χ1v) is 6.60. The summed E-state index contributed by atoms with van der Waals surface area (Å²) in [6.07, 6.45) is -3.49. The first kappa shape index (κ1) is 14.6. The lowest BCUT2D eigenvalue weighted by molar-refractivity contribution is -0.161. The smallest absolute Gasteiger partial charge is 0.368 e. The topological polar surface area (TPSA) is 50.4 Å². The van der Waals surface area contributed by atoms with E-state index in [0.29, 0.717) is 13.0 Å². The molecule has 7 heteroatoms. The second-order valence-corrected chi connectivity index (χ2v) is 5.34. The van der Waals surface area contributed by atoms with Gasteiger partial charge < -0.3 is 15.4 Å². The van der Waals surface area contributed by atoms with E-state index < -0.39 is 18.3 Å².